The van der Waals surface area contributed by atoms with Gasteiger partial charge in [0.25, 0.3) is 0 Å². The van der Waals surface area contributed by atoms with Crippen molar-refractivity contribution in [2.24, 2.45) is 0 Å². The first-order valence-corrected chi connectivity index (χ1v) is 5.92. The monoisotopic (exact) mass is 212 g/mol. The van der Waals surface area contributed by atoms with E-state index in [1.807, 2.05) is 25.2 Å². The van der Waals surface area contributed by atoms with Gasteiger partial charge < -0.3 is 0 Å². The molecule has 0 nitrogen and oxygen atoms in total. The number of unbranched alkanes of at least 4 members (excludes halogenated alkanes) is 1. The molecule has 0 aliphatic heterocycles. The van der Waals surface area contributed by atoms with Crippen LogP contribution in [-0.4, -0.2) is 0 Å². The summed E-state index contributed by atoms with van der Waals surface area (Å²) >= 11 is 0. The van der Waals surface area contributed by atoms with E-state index in [9.17, 15) is 0 Å². The van der Waals surface area contributed by atoms with E-state index in [1.54, 1.807) is 0 Å². The molecule has 0 aliphatic rings. The highest BCUT2D eigenvalue weighted by Gasteiger charge is 1.88. The lowest BCUT2D eigenvalue weighted by atomic mass is 10.1. The fourth-order valence-electron chi connectivity index (χ4n) is 1.48. The molecule has 0 N–H and O–H groups in total. The Morgan fingerprint density at radius 2 is 1.69 bits per heavy atom. The lowest BCUT2D eigenvalue weighted by Gasteiger charge is -1.97. The van der Waals surface area contributed by atoms with Crippen LogP contribution in [0.3, 0.4) is 0 Å². The van der Waals surface area contributed by atoms with E-state index in [0.717, 1.165) is 6.42 Å². The second-order valence-electron chi connectivity index (χ2n) is 3.72. The summed E-state index contributed by atoms with van der Waals surface area (Å²) in [6.45, 7) is 2.02. The van der Waals surface area contributed by atoms with Crippen LogP contribution in [0.1, 0.15) is 25.3 Å². The Morgan fingerprint density at radius 3 is 2.44 bits per heavy atom. The maximum absolute atomic E-state index is 2.23. The fourth-order valence-corrected chi connectivity index (χ4v) is 1.48. The predicted molar refractivity (Wildman–Crippen MR) is 72.5 cm³/mol. The summed E-state index contributed by atoms with van der Waals surface area (Å²) in [6, 6.07) is 10.6. The summed E-state index contributed by atoms with van der Waals surface area (Å²) in [7, 11) is 0. The third-order valence-corrected chi connectivity index (χ3v) is 2.34. The summed E-state index contributed by atoms with van der Waals surface area (Å²) in [5.74, 6) is 0. The molecule has 1 rings (SSSR count). The van der Waals surface area contributed by atoms with Gasteiger partial charge in [-0.25, -0.2) is 0 Å². The van der Waals surface area contributed by atoms with Gasteiger partial charge in [-0.05, 0) is 31.7 Å². The van der Waals surface area contributed by atoms with Crippen LogP contribution in [0.2, 0.25) is 0 Å². The SMILES string of the molecule is CC=CC=CC=CCCCc1ccccc1. The van der Waals surface area contributed by atoms with E-state index in [0.29, 0.717) is 0 Å². The van der Waals surface area contributed by atoms with Gasteiger partial charge in [0.1, 0.15) is 0 Å². The zero-order valence-corrected chi connectivity index (χ0v) is 9.97. The van der Waals surface area contributed by atoms with Gasteiger partial charge in [0, 0.05) is 0 Å². The van der Waals surface area contributed by atoms with E-state index in [4.69, 9.17) is 0 Å². The van der Waals surface area contributed by atoms with Gasteiger partial charge in [-0.2, -0.15) is 0 Å². The average molecular weight is 212 g/mol. The summed E-state index contributed by atoms with van der Waals surface area (Å²) in [4.78, 5) is 0. The van der Waals surface area contributed by atoms with Gasteiger partial charge in [0.05, 0.1) is 0 Å². The largest absolute Gasteiger partial charge is 0.0877 e. The molecule has 0 atom stereocenters. The molecule has 0 saturated heterocycles. The molecular formula is C16H20. The number of hydrogen-bond donors (Lipinski definition) is 0. The zero-order valence-electron chi connectivity index (χ0n) is 9.97. The summed E-state index contributed by atoms with van der Waals surface area (Å²) < 4.78 is 0. The molecule has 0 fully saturated rings. The van der Waals surface area contributed by atoms with Gasteiger partial charge >= 0.3 is 0 Å². The Kier molecular flexibility index (Phi) is 6.82. The minimum Gasteiger partial charge on any atom is -0.0877 e. The molecule has 0 heterocycles. The second kappa shape index (κ2) is 8.72. The maximum atomic E-state index is 2.23. The van der Waals surface area contributed by atoms with Crippen LogP contribution >= 0.6 is 0 Å². The van der Waals surface area contributed by atoms with Gasteiger partial charge in [-0.3, -0.25) is 0 Å². The van der Waals surface area contributed by atoms with Crippen LogP contribution < -0.4 is 0 Å². The smallest absolute Gasteiger partial charge is 0.0276 e. The molecule has 0 amide bonds. The van der Waals surface area contributed by atoms with Crippen LogP contribution in [0, 0.1) is 0 Å². The Bertz CT molecular complexity index is 342. The van der Waals surface area contributed by atoms with Crippen LogP contribution in [0.4, 0.5) is 0 Å². The third-order valence-electron chi connectivity index (χ3n) is 2.34. The minimum absolute atomic E-state index is 1.15. The number of allylic oxidation sites excluding steroid dienone is 6. The third kappa shape index (κ3) is 6.02. The van der Waals surface area contributed by atoms with Crippen molar-refractivity contribution in [2.75, 3.05) is 0 Å². The first-order chi connectivity index (χ1) is 7.93. The van der Waals surface area contributed by atoms with Crippen molar-refractivity contribution >= 4 is 0 Å². The molecule has 0 aromatic heterocycles. The number of rotatable bonds is 6. The molecule has 0 saturated carbocycles. The van der Waals surface area contributed by atoms with Crippen molar-refractivity contribution in [1.29, 1.82) is 0 Å². The zero-order chi connectivity index (χ0) is 11.5. The van der Waals surface area contributed by atoms with Crippen molar-refractivity contribution in [2.45, 2.75) is 26.2 Å². The van der Waals surface area contributed by atoms with Crippen LogP contribution in [-0.2, 0) is 6.42 Å². The standard InChI is InChI=1S/C16H20/c1-2-3-4-5-6-7-8-10-13-16-14-11-9-12-15-16/h2-7,9,11-12,14-15H,8,10,13H2,1H3. The van der Waals surface area contributed by atoms with Crippen LogP contribution in [0.15, 0.2) is 66.8 Å². The second-order valence-corrected chi connectivity index (χ2v) is 3.72. The fraction of sp³-hybridized carbons (Fsp3) is 0.250. The maximum Gasteiger partial charge on any atom is -0.0276 e. The minimum atomic E-state index is 1.15. The molecule has 0 spiro atoms. The predicted octanol–water partition coefficient (Wildman–Crippen LogP) is 4.70. The van der Waals surface area contributed by atoms with Crippen LogP contribution in [0.5, 0.6) is 0 Å². The van der Waals surface area contributed by atoms with Gasteiger partial charge in [-0.15, -0.1) is 0 Å². The first-order valence-electron chi connectivity index (χ1n) is 5.92. The first kappa shape index (κ1) is 12.5. The number of benzene rings is 1. The quantitative estimate of drug-likeness (QED) is 0.473. The van der Waals surface area contributed by atoms with Crippen molar-refractivity contribution < 1.29 is 0 Å². The van der Waals surface area contributed by atoms with Gasteiger partial charge in [0.2, 0.25) is 0 Å². The van der Waals surface area contributed by atoms with E-state index < -0.39 is 0 Å². The van der Waals surface area contributed by atoms with Crippen molar-refractivity contribution in [3.8, 4) is 0 Å². The number of hydrogen-bond acceptors (Lipinski definition) is 0. The Morgan fingerprint density at radius 1 is 0.938 bits per heavy atom. The topological polar surface area (TPSA) is 0 Å². The molecular weight excluding hydrogens is 192 g/mol. The molecule has 1 aromatic rings. The highest BCUT2D eigenvalue weighted by molar-refractivity contribution is 5.15. The lowest BCUT2D eigenvalue weighted by Crippen LogP contribution is -1.82. The molecule has 0 radical (unpaired) electrons. The molecule has 16 heavy (non-hydrogen) atoms. The highest BCUT2D eigenvalue weighted by atomic mass is 13.9. The van der Waals surface area contributed by atoms with Gasteiger partial charge in [0.15, 0.2) is 0 Å². The Labute approximate surface area is 99.0 Å². The lowest BCUT2D eigenvalue weighted by molar-refractivity contribution is 0.843. The van der Waals surface area contributed by atoms with E-state index in [1.165, 1.54) is 18.4 Å². The molecule has 1 aromatic carbocycles. The van der Waals surface area contributed by atoms with Crippen molar-refractivity contribution in [3.05, 3.63) is 72.4 Å². The van der Waals surface area contributed by atoms with Gasteiger partial charge in [-0.1, -0.05) is 66.8 Å². The van der Waals surface area contributed by atoms with Crippen molar-refractivity contribution in [1.82, 2.24) is 0 Å². The summed E-state index contributed by atoms with van der Waals surface area (Å²) in [6.07, 6.45) is 16.1. The van der Waals surface area contributed by atoms with E-state index >= 15 is 0 Å². The molecule has 0 unspecified atom stereocenters. The highest BCUT2D eigenvalue weighted by Crippen LogP contribution is 2.04. The van der Waals surface area contributed by atoms with E-state index in [2.05, 4.69) is 48.6 Å². The number of aryl methyl sites for hydroxylation is 1. The molecule has 0 heteroatoms. The summed E-state index contributed by atoms with van der Waals surface area (Å²) in [5.41, 5.74) is 1.43. The Hall–Kier alpha value is -1.56. The average Bonchev–Trinajstić information content (AvgIpc) is 2.34. The molecule has 0 bridgehead atoms. The van der Waals surface area contributed by atoms with Crippen molar-refractivity contribution in [3.63, 3.8) is 0 Å². The van der Waals surface area contributed by atoms with E-state index in [-0.39, 0.29) is 0 Å². The Balaban J connectivity index is 2.12. The summed E-state index contributed by atoms with van der Waals surface area (Å²) in [5, 5.41) is 0. The molecule has 84 valence electrons. The van der Waals surface area contributed by atoms with Crippen LogP contribution in [0.25, 0.3) is 0 Å². The molecule has 0 aliphatic carbocycles. The normalized spacial score (nSPS) is 12.1.